The number of amides is 1. The Morgan fingerprint density at radius 2 is 1.24 bits per heavy atom. The summed E-state index contributed by atoms with van der Waals surface area (Å²) < 4.78 is 34.9. The summed E-state index contributed by atoms with van der Waals surface area (Å²) in [5.74, 6) is -7.81. The summed E-state index contributed by atoms with van der Waals surface area (Å²) in [5.41, 5.74) is -1.89. The van der Waals surface area contributed by atoms with Crippen LogP contribution in [0.2, 0.25) is 0 Å². The molecule has 3 fully saturated rings. The zero-order valence-corrected chi connectivity index (χ0v) is 30.2. The number of aliphatic hydroxyl groups is 6. The van der Waals surface area contributed by atoms with Crippen molar-refractivity contribution in [3.63, 3.8) is 0 Å². The Bertz CT molecular complexity index is 1220. The Kier molecular flexibility index (Phi) is 14.4. The summed E-state index contributed by atoms with van der Waals surface area (Å²) >= 11 is 0. The molecule has 2 aliphatic heterocycles. The molecule has 0 radical (unpaired) electrons. The van der Waals surface area contributed by atoms with Crippen molar-refractivity contribution in [2.24, 2.45) is 23.7 Å². The largest absolute Gasteiger partial charge is 0.481 e. The molecule has 1 saturated carbocycles. The quantitative estimate of drug-likeness (QED) is 0.108. The molecule has 0 aromatic rings. The highest BCUT2D eigenvalue weighted by atomic mass is 16.7. The molecule has 1 aliphatic carbocycles. The number of esters is 2. The second-order valence-electron chi connectivity index (χ2n) is 15.5. The lowest BCUT2D eigenvalue weighted by Gasteiger charge is -2.49. The predicted octanol–water partition coefficient (Wildman–Crippen LogP) is -1.81. The summed E-state index contributed by atoms with van der Waals surface area (Å²) in [6.45, 7) is 10.8. The molecular formula is C33H55NO17. The van der Waals surface area contributed by atoms with E-state index in [0.29, 0.717) is 0 Å². The fraction of sp³-hybridized carbons (Fsp3) is 0.879. The standard InChI is InChI=1S/C33H55NO17/c1-13(27(42)43)15-9-16(28(44)50-32(3,4)5)17(29(45)51-33(6,7)8)10-18(15)46-30-21(34-14(2)37)26(23(39)20(12-36)47-30)49-31-25(41)24(40)22(38)19(11-35)48-31/h13,15-26,30-31,35-36,38-41H,9-12H2,1-8H3,(H,34,37)(H,42,43)/t13-,15+,16+,17+,18+,19-,20-,21-,22+,23+,24+,25-,26-,30-,31+/m1/s1. The SMILES string of the molecule is CC(=O)N[C@H]1[C@H](O[C@H]2C[C@H](C(=O)OC(C)(C)C)[C@@H](C(=O)OC(C)(C)C)C[C@H]2[C@@H](C)C(=O)O)O[C@H](CO)[C@H](O)[C@@H]1O[C@@H]1O[C@H](CO)[C@H](O)[C@H](O)[C@H]1O. The van der Waals surface area contributed by atoms with Gasteiger partial charge in [-0.1, -0.05) is 6.92 Å². The Labute approximate surface area is 296 Å². The third kappa shape index (κ3) is 10.8. The number of carboxylic acid groups (broad SMARTS) is 1. The first-order valence-corrected chi connectivity index (χ1v) is 17.0. The molecule has 0 aromatic heterocycles. The topological polar surface area (TPSA) is 277 Å². The van der Waals surface area contributed by atoms with Crippen molar-refractivity contribution >= 4 is 23.8 Å². The molecule has 15 atom stereocenters. The van der Waals surface area contributed by atoms with E-state index in [9.17, 15) is 54.9 Å². The van der Waals surface area contributed by atoms with E-state index in [1.807, 2.05) is 0 Å². The van der Waals surface area contributed by atoms with Gasteiger partial charge in [-0.3, -0.25) is 19.2 Å². The van der Waals surface area contributed by atoms with Gasteiger partial charge < -0.3 is 69.5 Å². The lowest BCUT2D eigenvalue weighted by molar-refractivity contribution is -0.349. The fourth-order valence-corrected chi connectivity index (χ4v) is 6.58. The van der Waals surface area contributed by atoms with E-state index in [2.05, 4.69) is 5.32 Å². The van der Waals surface area contributed by atoms with Crippen molar-refractivity contribution in [2.75, 3.05) is 13.2 Å². The lowest BCUT2D eigenvalue weighted by atomic mass is 9.68. The monoisotopic (exact) mass is 737 g/mol. The van der Waals surface area contributed by atoms with Crippen molar-refractivity contribution in [2.45, 2.75) is 147 Å². The van der Waals surface area contributed by atoms with Crippen LogP contribution in [-0.4, -0.2) is 151 Å². The Balaban J connectivity index is 2.05. The van der Waals surface area contributed by atoms with Gasteiger partial charge in [-0.15, -0.1) is 0 Å². The molecule has 0 aromatic carbocycles. The minimum Gasteiger partial charge on any atom is -0.481 e. The van der Waals surface area contributed by atoms with Gasteiger partial charge in [0, 0.05) is 6.92 Å². The number of aliphatic hydroxyl groups excluding tert-OH is 6. The highest BCUT2D eigenvalue weighted by Crippen LogP contribution is 2.43. The number of hydrogen-bond donors (Lipinski definition) is 8. The van der Waals surface area contributed by atoms with Crippen LogP contribution in [0.15, 0.2) is 0 Å². The Morgan fingerprint density at radius 1 is 0.745 bits per heavy atom. The molecule has 8 N–H and O–H groups in total. The summed E-state index contributed by atoms with van der Waals surface area (Å²) in [6.07, 6.45) is -16.7. The normalized spacial score (nSPS) is 38.3. The zero-order chi connectivity index (χ0) is 38.7. The van der Waals surface area contributed by atoms with Gasteiger partial charge in [0.1, 0.15) is 60.0 Å². The number of aliphatic carboxylic acids is 1. The second kappa shape index (κ2) is 17.1. The number of carbonyl (C=O) groups excluding carboxylic acids is 3. The van der Waals surface area contributed by atoms with Gasteiger partial charge in [-0.2, -0.15) is 0 Å². The van der Waals surface area contributed by atoms with Crippen molar-refractivity contribution in [3.05, 3.63) is 0 Å². The van der Waals surface area contributed by atoms with Gasteiger partial charge in [0.25, 0.3) is 0 Å². The Hall–Kier alpha value is -2.52. The number of carboxylic acids is 1. The minimum absolute atomic E-state index is 0.189. The number of carbonyl (C=O) groups is 4. The number of hydrogen-bond acceptors (Lipinski definition) is 16. The van der Waals surface area contributed by atoms with E-state index < -0.39 is 139 Å². The van der Waals surface area contributed by atoms with Gasteiger partial charge in [0.15, 0.2) is 12.6 Å². The van der Waals surface area contributed by atoms with E-state index >= 15 is 0 Å². The maximum absolute atomic E-state index is 13.6. The molecular weight excluding hydrogens is 682 g/mol. The highest BCUT2D eigenvalue weighted by Gasteiger charge is 2.55. The van der Waals surface area contributed by atoms with Crippen LogP contribution >= 0.6 is 0 Å². The summed E-state index contributed by atoms with van der Waals surface area (Å²) in [6, 6.07) is -1.46. The third-order valence-electron chi connectivity index (χ3n) is 9.10. The molecule has 51 heavy (non-hydrogen) atoms. The van der Waals surface area contributed by atoms with Crippen LogP contribution in [0.5, 0.6) is 0 Å². The van der Waals surface area contributed by atoms with Gasteiger partial charge in [0.2, 0.25) is 5.91 Å². The molecule has 2 saturated heterocycles. The summed E-state index contributed by atoms with van der Waals surface area (Å²) in [4.78, 5) is 52.0. The fourth-order valence-electron chi connectivity index (χ4n) is 6.58. The average Bonchev–Trinajstić information content (AvgIpc) is 3.01. The van der Waals surface area contributed by atoms with E-state index in [1.165, 1.54) is 6.92 Å². The maximum Gasteiger partial charge on any atom is 0.310 e. The highest BCUT2D eigenvalue weighted by molar-refractivity contribution is 5.83. The number of nitrogens with one attached hydrogen (secondary N) is 1. The molecule has 18 heteroatoms. The molecule has 3 aliphatic rings. The molecule has 0 bridgehead atoms. The number of rotatable bonds is 11. The van der Waals surface area contributed by atoms with E-state index in [4.69, 9.17) is 28.4 Å². The van der Waals surface area contributed by atoms with Crippen molar-refractivity contribution in [1.82, 2.24) is 5.32 Å². The summed E-state index contributed by atoms with van der Waals surface area (Å²) in [7, 11) is 0. The van der Waals surface area contributed by atoms with Gasteiger partial charge in [-0.05, 0) is 60.3 Å². The molecule has 18 nitrogen and oxygen atoms in total. The lowest BCUT2D eigenvalue weighted by Crippen LogP contribution is -2.68. The first-order chi connectivity index (χ1) is 23.5. The number of ether oxygens (including phenoxy) is 6. The van der Waals surface area contributed by atoms with Crippen LogP contribution in [0.1, 0.15) is 68.2 Å². The second-order valence-corrected chi connectivity index (χ2v) is 15.5. The van der Waals surface area contributed by atoms with E-state index in [1.54, 1.807) is 41.5 Å². The molecule has 3 rings (SSSR count). The van der Waals surface area contributed by atoms with Crippen molar-refractivity contribution in [3.8, 4) is 0 Å². The van der Waals surface area contributed by atoms with Gasteiger partial charge in [-0.25, -0.2) is 0 Å². The zero-order valence-electron chi connectivity index (χ0n) is 30.2. The first kappa shape index (κ1) is 42.9. The van der Waals surface area contributed by atoms with E-state index in [0.717, 1.165) is 6.92 Å². The molecule has 1 amide bonds. The summed E-state index contributed by atoms with van der Waals surface area (Å²) in [5, 5.41) is 74.8. The van der Waals surface area contributed by atoms with Crippen LogP contribution < -0.4 is 5.32 Å². The van der Waals surface area contributed by atoms with Crippen LogP contribution in [0, 0.1) is 23.7 Å². The maximum atomic E-state index is 13.6. The average molecular weight is 738 g/mol. The Morgan fingerprint density at radius 3 is 1.71 bits per heavy atom. The van der Waals surface area contributed by atoms with Crippen LogP contribution in [0.25, 0.3) is 0 Å². The van der Waals surface area contributed by atoms with Crippen LogP contribution in [-0.2, 0) is 47.6 Å². The van der Waals surface area contributed by atoms with E-state index in [-0.39, 0.29) is 12.8 Å². The first-order valence-electron chi connectivity index (χ1n) is 17.0. The van der Waals surface area contributed by atoms with Crippen molar-refractivity contribution < 1.29 is 83.3 Å². The molecule has 2 heterocycles. The molecule has 0 spiro atoms. The van der Waals surface area contributed by atoms with Crippen molar-refractivity contribution in [1.29, 1.82) is 0 Å². The van der Waals surface area contributed by atoms with Crippen LogP contribution in [0.4, 0.5) is 0 Å². The molecule has 294 valence electrons. The predicted molar refractivity (Wildman–Crippen MR) is 171 cm³/mol. The van der Waals surface area contributed by atoms with Gasteiger partial charge in [0.05, 0.1) is 37.1 Å². The minimum atomic E-state index is -1.90. The molecule has 0 unspecified atom stereocenters. The van der Waals surface area contributed by atoms with Gasteiger partial charge >= 0.3 is 17.9 Å². The smallest absolute Gasteiger partial charge is 0.310 e. The van der Waals surface area contributed by atoms with Crippen LogP contribution in [0.3, 0.4) is 0 Å². The third-order valence-corrected chi connectivity index (χ3v) is 9.10.